The fourth-order valence-corrected chi connectivity index (χ4v) is 2.57. The molecule has 0 radical (unpaired) electrons. The quantitative estimate of drug-likeness (QED) is 0.904. The average Bonchev–Trinajstić information content (AvgIpc) is 2.95. The van der Waals surface area contributed by atoms with E-state index in [1.54, 1.807) is 0 Å². The molecule has 0 atom stereocenters. The van der Waals surface area contributed by atoms with E-state index in [0.717, 1.165) is 41.2 Å². The lowest BCUT2D eigenvalue weighted by molar-refractivity contribution is -0.115. The molecule has 1 heterocycles. The number of fused-ring (bicyclic) bond motifs is 1. The molecule has 0 saturated heterocycles. The molecule has 4 nitrogen and oxygen atoms in total. The minimum atomic E-state index is -0.0326. The summed E-state index contributed by atoms with van der Waals surface area (Å²) in [6.07, 6.45) is 1.23. The highest BCUT2D eigenvalue weighted by molar-refractivity contribution is 5.92. The molecule has 0 bridgehead atoms. The fraction of sp³-hybridized carbons (Fsp3) is 0.235. The summed E-state index contributed by atoms with van der Waals surface area (Å²) >= 11 is 0. The van der Waals surface area contributed by atoms with Crippen molar-refractivity contribution in [2.75, 3.05) is 11.9 Å². The highest BCUT2D eigenvalue weighted by atomic mass is 16.5. The number of carbonyl (C=O) groups is 1. The molecule has 0 aliphatic carbocycles. The molecule has 2 aromatic rings. The van der Waals surface area contributed by atoms with Crippen molar-refractivity contribution in [1.29, 1.82) is 0 Å². The Balaban J connectivity index is 1.69. The molecule has 21 heavy (non-hydrogen) atoms. The van der Waals surface area contributed by atoms with Crippen LogP contribution in [0.3, 0.4) is 0 Å². The molecular weight excluding hydrogens is 264 g/mol. The van der Waals surface area contributed by atoms with Gasteiger partial charge >= 0.3 is 0 Å². The molecule has 0 unspecified atom stereocenters. The van der Waals surface area contributed by atoms with E-state index < -0.39 is 0 Å². The smallest absolute Gasteiger partial charge is 0.228 e. The summed E-state index contributed by atoms with van der Waals surface area (Å²) in [5.74, 6) is 0.885. The molecule has 1 amide bonds. The number of anilines is 1. The highest BCUT2D eigenvalue weighted by Gasteiger charge is 2.13. The van der Waals surface area contributed by atoms with Gasteiger partial charge in [0, 0.05) is 18.7 Å². The Hall–Kier alpha value is -2.33. The van der Waals surface area contributed by atoms with Gasteiger partial charge in [0.05, 0.1) is 13.0 Å². The summed E-state index contributed by atoms with van der Waals surface area (Å²) in [5.41, 5.74) is 9.64. The lowest BCUT2D eigenvalue weighted by Gasteiger charge is -2.09. The van der Waals surface area contributed by atoms with Crippen molar-refractivity contribution < 1.29 is 9.53 Å². The predicted molar refractivity (Wildman–Crippen MR) is 82.3 cm³/mol. The Morgan fingerprint density at radius 3 is 2.81 bits per heavy atom. The van der Waals surface area contributed by atoms with Gasteiger partial charge < -0.3 is 15.8 Å². The van der Waals surface area contributed by atoms with Crippen LogP contribution in [-0.2, 0) is 24.2 Å². The van der Waals surface area contributed by atoms with Crippen molar-refractivity contribution in [3.8, 4) is 5.75 Å². The van der Waals surface area contributed by atoms with Crippen molar-refractivity contribution >= 4 is 11.6 Å². The molecule has 0 aromatic heterocycles. The highest BCUT2D eigenvalue weighted by Crippen LogP contribution is 2.27. The van der Waals surface area contributed by atoms with E-state index in [2.05, 4.69) is 5.32 Å². The maximum absolute atomic E-state index is 12.2. The third kappa shape index (κ3) is 3.06. The van der Waals surface area contributed by atoms with Crippen molar-refractivity contribution in [2.45, 2.75) is 19.4 Å². The van der Waals surface area contributed by atoms with Crippen LogP contribution in [0.5, 0.6) is 5.75 Å². The minimum Gasteiger partial charge on any atom is -0.493 e. The summed E-state index contributed by atoms with van der Waals surface area (Å²) in [7, 11) is 0. The summed E-state index contributed by atoms with van der Waals surface area (Å²) in [4.78, 5) is 12.2. The molecule has 0 saturated carbocycles. The first-order valence-corrected chi connectivity index (χ1v) is 7.08. The van der Waals surface area contributed by atoms with Crippen LogP contribution in [0, 0.1) is 0 Å². The molecule has 2 aromatic carbocycles. The molecule has 1 aliphatic rings. The zero-order chi connectivity index (χ0) is 14.7. The van der Waals surface area contributed by atoms with Gasteiger partial charge in [-0.25, -0.2) is 0 Å². The Kier molecular flexibility index (Phi) is 3.88. The second-order valence-electron chi connectivity index (χ2n) is 5.12. The summed E-state index contributed by atoms with van der Waals surface area (Å²) < 4.78 is 5.46. The number of benzene rings is 2. The first-order chi connectivity index (χ1) is 10.3. The Morgan fingerprint density at radius 1 is 1.19 bits per heavy atom. The van der Waals surface area contributed by atoms with E-state index in [0.29, 0.717) is 13.0 Å². The third-order valence-corrected chi connectivity index (χ3v) is 3.66. The van der Waals surface area contributed by atoms with Gasteiger partial charge in [-0.05, 0) is 34.9 Å². The van der Waals surface area contributed by atoms with E-state index in [-0.39, 0.29) is 5.91 Å². The van der Waals surface area contributed by atoms with E-state index in [4.69, 9.17) is 10.5 Å². The molecule has 0 fully saturated rings. The monoisotopic (exact) mass is 282 g/mol. The van der Waals surface area contributed by atoms with Crippen LogP contribution in [0.15, 0.2) is 42.5 Å². The van der Waals surface area contributed by atoms with E-state index >= 15 is 0 Å². The number of nitrogens with two attached hydrogens (primary N) is 1. The van der Waals surface area contributed by atoms with Gasteiger partial charge in [-0.2, -0.15) is 0 Å². The standard InChI is InChI=1S/C17H18N2O2/c18-11-14-4-2-1-3-12(14)10-17(20)19-15-5-6-16-13(9-15)7-8-21-16/h1-6,9H,7-8,10-11,18H2,(H,19,20). The van der Waals surface area contributed by atoms with Gasteiger partial charge in [-0.3, -0.25) is 4.79 Å². The Labute approximate surface area is 123 Å². The van der Waals surface area contributed by atoms with Crippen molar-refractivity contribution in [2.24, 2.45) is 5.73 Å². The lowest BCUT2D eigenvalue weighted by Crippen LogP contribution is -2.16. The van der Waals surface area contributed by atoms with E-state index in [9.17, 15) is 4.79 Å². The summed E-state index contributed by atoms with van der Waals surface area (Å²) in [5, 5.41) is 2.94. The van der Waals surface area contributed by atoms with Crippen LogP contribution >= 0.6 is 0 Å². The lowest BCUT2D eigenvalue weighted by atomic mass is 10.0. The molecule has 0 spiro atoms. The van der Waals surface area contributed by atoms with Crippen LogP contribution in [0.25, 0.3) is 0 Å². The van der Waals surface area contributed by atoms with Gasteiger partial charge in [0.25, 0.3) is 0 Å². The topological polar surface area (TPSA) is 64.4 Å². The predicted octanol–water partition coefficient (Wildman–Crippen LogP) is 2.26. The van der Waals surface area contributed by atoms with Crippen molar-refractivity contribution in [3.63, 3.8) is 0 Å². The van der Waals surface area contributed by atoms with Crippen molar-refractivity contribution in [1.82, 2.24) is 0 Å². The van der Waals surface area contributed by atoms with Crippen LogP contribution in [-0.4, -0.2) is 12.5 Å². The van der Waals surface area contributed by atoms with Crippen LogP contribution < -0.4 is 15.8 Å². The fourth-order valence-electron chi connectivity index (χ4n) is 2.57. The molecular formula is C17H18N2O2. The molecule has 4 heteroatoms. The largest absolute Gasteiger partial charge is 0.493 e. The summed E-state index contributed by atoms with van der Waals surface area (Å²) in [6.45, 7) is 1.16. The van der Waals surface area contributed by atoms with Crippen LogP contribution in [0.4, 0.5) is 5.69 Å². The van der Waals surface area contributed by atoms with Crippen molar-refractivity contribution in [3.05, 3.63) is 59.2 Å². The number of nitrogens with one attached hydrogen (secondary N) is 1. The first-order valence-electron chi connectivity index (χ1n) is 7.08. The van der Waals surface area contributed by atoms with E-state index in [1.165, 1.54) is 0 Å². The number of ether oxygens (including phenoxy) is 1. The Morgan fingerprint density at radius 2 is 2.00 bits per heavy atom. The van der Waals surface area contributed by atoms with Gasteiger partial charge in [0.2, 0.25) is 5.91 Å². The number of hydrogen-bond acceptors (Lipinski definition) is 3. The molecule has 1 aliphatic heterocycles. The van der Waals surface area contributed by atoms with Crippen LogP contribution in [0.1, 0.15) is 16.7 Å². The number of hydrogen-bond donors (Lipinski definition) is 2. The second kappa shape index (κ2) is 5.97. The number of rotatable bonds is 4. The Bertz CT molecular complexity index is 668. The van der Waals surface area contributed by atoms with Gasteiger partial charge in [-0.15, -0.1) is 0 Å². The molecule has 3 rings (SSSR count). The molecule has 3 N–H and O–H groups in total. The zero-order valence-corrected chi connectivity index (χ0v) is 11.8. The van der Waals surface area contributed by atoms with Gasteiger partial charge in [-0.1, -0.05) is 24.3 Å². The number of amides is 1. The number of carbonyl (C=O) groups excluding carboxylic acids is 1. The average molecular weight is 282 g/mol. The minimum absolute atomic E-state index is 0.0326. The zero-order valence-electron chi connectivity index (χ0n) is 11.8. The maximum Gasteiger partial charge on any atom is 0.228 e. The normalized spacial score (nSPS) is 12.6. The molecule has 108 valence electrons. The van der Waals surface area contributed by atoms with Crippen LogP contribution in [0.2, 0.25) is 0 Å². The summed E-state index contributed by atoms with van der Waals surface area (Å²) in [6, 6.07) is 13.5. The SMILES string of the molecule is NCc1ccccc1CC(=O)Nc1ccc2c(c1)CCO2. The van der Waals surface area contributed by atoms with Gasteiger partial charge in [0.1, 0.15) is 5.75 Å². The second-order valence-corrected chi connectivity index (χ2v) is 5.12. The first kappa shape index (κ1) is 13.6. The van der Waals surface area contributed by atoms with Gasteiger partial charge in [0.15, 0.2) is 0 Å². The van der Waals surface area contributed by atoms with E-state index in [1.807, 2.05) is 42.5 Å². The third-order valence-electron chi connectivity index (χ3n) is 3.66. The maximum atomic E-state index is 12.2.